The van der Waals surface area contributed by atoms with Crippen molar-refractivity contribution in [3.8, 4) is 11.1 Å². The van der Waals surface area contributed by atoms with E-state index >= 15 is 0 Å². The molecule has 0 bridgehead atoms. The van der Waals surface area contributed by atoms with Gasteiger partial charge in [0.1, 0.15) is 6.61 Å². The number of carbonyl (C=O) groups excluding carboxylic acids is 2. The van der Waals surface area contributed by atoms with Crippen LogP contribution in [0.15, 0.2) is 48.5 Å². The molecule has 3 atom stereocenters. The van der Waals surface area contributed by atoms with Gasteiger partial charge in [-0.2, -0.15) is 0 Å². The average Bonchev–Trinajstić information content (AvgIpc) is 3.21. The second kappa shape index (κ2) is 10.1. The third-order valence-electron chi connectivity index (χ3n) is 7.77. The van der Waals surface area contributed by atoms with Gasteiger partial charge in [-0.3, -0.25) is 9.59 Å². The van der Waals surface area contributed by atoms with Crippen molar-refractivity contribution >= 4 is 18.0 Å². The number of carboxylic acid groups (broad SMARTS) is 1. The van der Waals surface area contributed by atoms with Crippen LogP contribution in [0.25, 0.3) is 11.1 Å². The number of rotatable bonds is 5. The van der Waals surface area contributed by atoms with Gasteiger partial charge in [-0.15, -0.1) is 0 Å². The summed E-state index contributed by atoms with van der Waals surface area (Å²) < 4.78 is 5.68. The first-order valence-electron chi connectivity index (χ1n) is 12.6. The summed E-state index contributed by atoms with van der Waals surface area (Å²) in [4.78, 5) is 38.8. The van der Waals surface area contributed by atoms with Gasteiger partial charge in [-0.1, -0.05) is 55.0 Å². The molecule has 0 radical (unpaired) electrons. The number of hydrogen-bond acceptors (Lipinski definition) is 4. The molecule has 2 aromatic carbocycles. The molecule has 1 heterocycles. The van der Waals surface area contributed by atoms with Crippen LogP contribution in [0.5, 0.6) is 0 Å². The lowest BCUT2D eigenvalue weighted by atomic mass is 9.84. The number of nitrogens with one attached hydrogen (secondary N) is 1. The summed E-state index contributed by atoms with van der Waals surface area (Å²) in [5, 5.41) is 12.3. The highest BCUT2D eigenvalue weighted by Gasteiger charge is 2.35. The number of piperidine rings is 1. The fourth-order valence-corrected chi connectivity index (χ4v) is 5.99. The molecule has 2 N–H and O–H groups in total. The predicted octanol–water partition coefficient (Wildman–Crippen LogP) is 4.41. The highest BCUT2D eigenvalue weighted by molar-refractivity contribution is 5.81. The van der Waals surface area contributed by atoms with Crippen molar-refractivity contribution in [2.75, 3.05) is 19.7 Å². The van der Waals surface area contributed by atoms with Crippen molar-refractivity contribution in [2.45, 2.75) is 50.5 Å². The van der Waals surface area contributed by atoms with Gasteiger partial charge in [0, 0.05) is 31.0 Å². The predicted molar refractivity (Wildman–Crippen MR) is 131 cm³/mol. The van der Waals surface area contributed by atoms with E-state index in [0.717, 1.165) is 25.7 Å². The minimum Gasteiger partial charge on any atom is -0.481 e. The lowest BCUT2D eigenvalue weighted by Crippen LogP contribution is -2.47. The number of fused-ring (bicyclic) bond motifs is 3. The van der Waals surface area contributed by atoms with E-state index in [9.17, 15) is 19.5 Å². The fourth-order valence-electron chi connectivity index (χ4n) is 5.99. The lowest BCUT2D eigenvalue weighted by molar-refractivity contribution is -0.147. The van der Waals surface area contributed by atoms with Crippen LogP contribution in [-0.4, -0.2) is 53.7 Å². The van der Waals surface area contributed by atoms with Crippen LogP contribution in [0.4, 0.5) is 4.79 Å². The molecule has 1 saturated carbocycles. The Balaban J connectivity index is 1.16. The van der Waals surface area contributed by atoms with Crippen LogP contribution in [0.1, 0.15) is 55.6 Å². The van der Waals surface area contributed by atoms with Gasteiger partial charge in [-0.25, -0.2) is 4.79 Å². The van der Waals surface area contributed by atoms with Crippen LogP contribution < -0.4 is 5.32 Å². The van der Waals surface area contributed by atoms with Crippen LogP contribution in [0.2, 0.25) is 0 Å². The molecule has 2 amide bonds. The zero-order chi connectivity index (χ0) is 24.4. The minimum atomic E-state index is -0.832. The van der Waals surface area contributed by atoms with Crippen molar-refractivity contribution in [3.05, 3.63) is 59.7 Å². The number of ether oxygens (including phenoxy) is 1. The zero-order valence-electron chi connectivity index (χ0n) is 19.8. The van der Waals surface area contributed by atoms with Gasteiger partial charge in [0.2, 0.25) is 5.91 Å². The Bertz CT molecular complexity index is 1070. The molecule has 5 rings (SSSR count). The van der Waals surface area contributed by atoms with E-state index in [2.05, 4.69) is 29.6 Å². The van der Waals surface area contributed by atoms with E-state index in [4.69, 9.17) is 4.74 Å². The summed E-state index contributed by atoms with van der Waals surface area (Å²) >= 11 is 0. The molecular formula is C28H32N2O5. The molecule has 2 aromatic rings. The summed E-state index contributed by atoms with van der Waals surface area (Å²) in [5.41, 5.74) is 4.72. The van der Waals surface area contributed by atoms with Crippen LogP contribution in [0.3, 0.4) is 0 Å². The number of alkyl carbamates (subject to hydrolysis) is 1. The molecule has 0 spiro atoms. The molecular weight excluding hydrogens is 444 g/mol. The maximum atomic E-state index is 13.1. The van der Waals surface area contributed by atoms with Gasteiger partial charge >= 0.3 is 12.1 Å². The number of amides is 2. The van der Waals surface area contributed by atoms with Crippen molar-refractivity contribution < 1.29 is 24.2 Å². The second-order valence-corrected chi connectivity index (χ2v) is 9.99. The first kappa shape index (κ1) is 23.4. The summed E-state index contributed by atoms with van der Waals surface area (Å²) in [5.74, 6) is -1.47. The topological polar surface area (TPSA) is 95.9 Å². The lowest BCUT2D eigenvalue weighted by Gasteiger charge is -2.36. The zero-order valence-corrected chi connectivity index (χ0v) is 19.8. The monoisotopic (exact) mass is 476 g/mol. The molecule has 2 fully saturated rings. The van der Waals surface area contributed by atoms with Crippen molar-refractivity contribution in [1.29, 1.82) is 0 Å². The number of nitrogens with zero attached hydrogens (tertiary/aromatic N) is 1. The maximum Gasteiger partial charge on any atom is 0.407 e. The molecule has 1 saturated heterocycles. The Hall–Kier alpha value is -3.35. The highest BCUT2D eigenvalue weighted by atomic mass is 16.5. The molecule has 0 unspecified atom stereocenters. The van der Waals surface area contributed by atoms with E-state index < -0.39 is 18.0 Å². The third kappa shape index (κ3) is 4.90. The number of hydrogen-bond donors (Lipinski definition) is 2. The number of aliphatic carboxylic acids is 1. The molecule has 35 heavy (non-hydrogen) atoms. The van der Waals surface area contributed by atoms with Crippen molar-refractivity contribution in [1.82, 2.24) is 10.2 Å². The van der Waals surface area contributed by atoms with E-state index in [1.807, 2.05) is 24.3 Å². The minimum absolute atomic E-state index is 0.00937. The Morgan fingerprint density at radius 1 is 0.914 bits per heavy atom. The standard InChI is InChI=1S/C28H32N2O5/c31-26(30-14-6-8-19(16-30)27(32)33)18-7-5-9-20(15-18)29-28(34)35-17-25-23-12-3-1-10-21(23)22-11-2-4-13-24(22)25/h1-4,10-13,18-20,25H,5-9,14-17H2,(H,29,34)(H,32,33)/t18-,19-,20+/m1/s1. The smallest absolute Gasteiger partial charge is 0.407 e. The first-order chi connectivity index (χ1) is 17.0. The number of benzene rings is 2. The largest absolute Gasteiger partial charge is 0.481 e. The van der Waals surface area contributed by atoms with Gasteiger partial charge in [-0.05, 0) is 54.4 Å². The van der Waals surface area contributed by atoms with E-state index in [1.165, 1.54) is 22.3 Å². The first-order valence-corrected chi connectivity index (χ1v) is 12.6. The van der Waals surface area contributed by atoms with Crippen molar-refractivity contribution in [2.24, 2.45) is 11.8 Å². The molecule has 2 aliphatic carbocycles. The van der Waals surface area contributed by atoms with Gasteiger partial charge in [0.25, 0.3) is 0 Å². The summed E-state index contributed by atoms with van der Waals surface area (Å²) in [7, 11) is 0. The Morgan fingerprint density at radius 3 is 2.26 bits per heavy atom. The second-order valence-electron chi connectivity index (χ2n) is 9.99. The third-order valence-corrected chi connectivity index (χ3v) is 7.77. The van der Waals surface area contributed by atoms with Gasteiger partial charge in [0.15, 0.2) is 0 Å². The van der Waals surface area contributed by atoms with Crippen molar-refractivity contribution in [3.63, 3.8) is 0 Å². The molecule has 1 aliphatic heterocycles. The molecule has 7 nitrogen and oxygen atoms in total. The van der Waals surface area contributed by atoms with Crippen LogP contribution in [-0.2, 0) is 14.3 Å². The highest BCUT2D eigenvalue weighted by Crippen LogP contribution is 2.44. The summed E-state index contributed by atoms with van der Waals surface area (Å²) in [6.45, 7) is 1.16. The van der Waals surface area contributed by atoms with E-state index in [0.29, 0.717) is 19.4 Å². The number of carbonyl (C=O) groups is 3. The normalized spacial score (nSPS) is 23.8. The van der Waals surface area contributed by atoms with Crippen LogP contribution in [0, 0.1) is 11.8 Å². The Kier molecular flexibility index (Phi) is 6.75. The summed E-state index contributed by atoms with van der Waals surface area (Å²) in [6, 6.07) is 16.4. The van der Waals surface area contributed by atoms with Gasteiger partial charge in [0.05, 0.1) is 5.92 Å². The fraction of sp³-hybridized carbons (Fsp3) is 0.464. The average molecular weight is 477 g/mol. The van der Waals surface area contributed by atoms with Gasteiger partial charge < -0.3 is 20.1 Å². The van der Waals surface area contributed by atoms with E-state index in [-0.39, 0.29) is 36.9 Å². The molecule has 7 heteroatoms. The molecule has 184 valence electrons. The Labute approximate surface area is 205 Å². The summed E-state index contributed by atoms with van der Waals surface area (Å²) in [6.07, 6.45) is 3.89. The van der Waals surface area contributed by atoms with E-state index in [1.54, 1.807) is 4.90 Å². The SMILES string of the molecule is O=C(N[C@H]1CCC[C@@H](C(=O)N2CCC[C@@H](C(=O)O)C2)C1)OCC1c2ccccc2-c2ccccc21. The Morgan fingerprint density at radius 2 is 1.57 bits per heavy atom. The number of carboxylic acids is 1. The molecule has 0 aromatic heterocycles. The number of likely N-dealkylation sites (tertiary alicyclic amines) is 1. The van der Waals surface area contributed by atoms with Crippen LogP contribution >= 0.6 is 0 Å². The quantitative estimate of drug-likeness (QED) is 0.667. The maximum absolute atomic E-state index is 13.1. The molecule has 3 aliphatic rings.